The molecule has 0 bridgehead atoms. The molecule has 14 nitrogen and oxygen atoms in total. The van der Waals surface area contributed by atoms with Gasteiger partial charge in [-0.15, -0.1) is 0 Å². The van der Waals surface area contributed by atoms with Crippen LogP contribution < -0.4 is 0 Å². The first-order chi connectivity index (χ1) is 17.0. The topological polar surface area (TPSA) is 222 Å². The molecule has 14 heteroatoms. The molecule has 0 aromatic carbocycles. The predicted molar refractivity (Wildman–Crippen MR) is 117 cm³/mol. The summed E-state index contributed by atoms with van der Waals surface area (Å²) in [6.45, 7) is 5.20. The molecule has 9 atom stereocenters. The summed E-state index contributed by atoms with van der Waals surface area (Å²) in [5.74, 6) is -1.71. The molecule has 0 spiro atoms. The lowest BCUT2D eigenvalue weighted by molar-refractivity contribution is -0.300. The minimum absolute atomic E-state index is 0.0189. The van der Waals surface area contributed by atoms with Crippen LogP contribution in [0.1, 0.15) is 12.8 Å². The Bertz CT molecular complexity index is 770. The van der Waals surface area contributed by atoms with Crippen LogP contribution in [0.3, 0.4) is 0 Å². The number of esters is 2. The van der Waals surface area contributed by atoms with Gasteiger partial charge in [0.15, 0.2) is 12.4 Å². The fraction of sp³-hybridized carbons (Fsp3) is 0.727. The first kappa shape index (κ1) is 30.2. The van der Waals surface area contributed by atoms with Crippen molar-refractivity contribution in [1.82, 2.24) is 0 Å². The molecule has 7 N–H and O–H groups in total. The van der Waals surface area contributed by atoms with Gasteiger partial charge < -0.3 is 59.4 Å². The Morgan fingerprint density at radius 2 is 1.47 bits per heavy atom. The largest absolute Gasteiger partial charge is 0.459 e. The third-order valence-corrected chi connectivity index (χ3v) is 5.75. The van der Waals surface area contributed by atoms with Crippen molar-refractivity contribution < 1.29 is 69.0 Å². The molecule has 0 aliphatic carbocycles. The van der Waals surface area contributed by atoms with Gasteiger partial charge in [0.2, 0.25) is 0 Å². The van der Waals surface area contributed by atoms with Crippen LogP contribution in [-0.2, 0) is 33.3 Å². The zero-order chi connectivity index (χ0) is 27.0. The quantitative estimate of drug-likeness (QED) is 0.0967. The van der Waals surface area contributed by atoms with Gasteiger partial charge >= 0.3 is 11.9 Å². The molecule has 2 fully saturated rings. The highest BCUT2D eigenvalue weighted by Crippen LogP contribution is 2.23. The molecule has 2 heterocycles. The second-order valence-electron chi connectivity index (χ2n) is 8.39. The molecule has 0 unspecified atom stereocenters. The molecule has 2 rings (SSSR count). The SMILES string of the molecule is C=C(CCO)C(=O)OC[C@@H]1OC[C@@H](OC(=O)C(=C)CCO[C@@H]2O[C@H](CO)[C@@H](O)[C@H](O)[C@H]2O)[C@@H](O)[C@H]1O. The molecular weight excluding hydrogens is 488 g/mol. The zero-order valence-corrected chi connectivity index (χ0v) is 19.5. The molecule has 0 amide bonds. The van der Waals surface area contributed by atoms with Crippen LogP contribution >= 0.6 is 0 Å². The zero-order valence-electron chi connectivity index (χ0n) is 19.5. The van der Waals surface area contributed by atoms with Gasteiger partial charge in [-0.25, -0.2) is 9.59 Å². The van der Waals surface area contributed by atoms with Crippen LogP contribution in [0.4, 0.5) is 0 Å². The number of carbonyl (C=O) groups is 2. The second-order valence-corrected chi connectivity index (χ2v) is 8.39. The van der Waals surface area contributed by atoms with Crippen molar-refractivity contribution in [3.05, 3.63) is 24.3 Å². The van der Waals surface area contributed by atoms with E-state index < -0.39 is 80.3 Å². The monoisotopic (exact) mass is 522 g/mol. The van der Waals surface area contributed by atoms with Gasteiger partial charge in [-0.3, -0.25) is 0 Å². The average molecular weight is 523 g/mol. The summed E-state index contributed by atoms with van der Waals surface area (Å²) in [6.07, 6.45) is -12.8. The van der Waals surface area contributed by atoms with Crippen molar-refractivity contribution >= 4 is 11.9 Å². The summed E-state index contributed by atoms with van der Waals surface area (Å²) in [5, 5.41) is 68.0. The normalized spacial score (nSPS) is 34.6. The van der Waals surface area contributed by atoms with Crippen LogP contribution in [-0.4, -0.2) is 136 Å². The van der Waals surface area contributed by atoms with Crippen LogP contribution in [0.5, 0.6) is 0 Å². The summed E-state index contributed by atoms with van der Waals surface area (Å²) in [7, 11) is 0. The van der Waals surface area contributed by atoms with E-state index in [1.54, 1.807) is 0 Å². The Morgan fingerprint density at radius 1 is 0.833 bits per heavy atom. The standard InChI is InChI=1S/C22H34O14/c1-10(3-5-23)20(30)34-8-13-16(26)17(27)14(9-33-13)35-21(31)11(2)4-6-32-22-19(29)18(28)15(25)12(7-24)36-22/h12-19,22-29H,1-9H2/t12-,13+,14-,15-,16+,17-,18+,19-,22-/m1/s1. The van der Waals surface area contributed by atoms with Crippen LogP contribution in [0.2, 0.25) is 0 Å². The maximum Gasteiger partial charge on any atom is 0.333 e. The number of ether oxygens (including phenoxy) is 5. The third-order valence-electron chi connectivity index (χ3n) is 5.75. The predicted octanol–water partition coefficient (Wildman–Crippen LogP) is -3.74. The molecule has 2 saturated heterocycles. The van der Waals surface area contributed by atoms with Crippen LogP contribution in [0, 0.1) is 0 Å². The number of hydrogen-bond donors (Lipinski definition) is 7. The van der Waals surface area contributed by atoms with Gasteiger partial charge in [0.05, 0.1) is 19.8 Å². The summed E-state index contributed by atoms with van der Waals surface area (Å²) in [4.78, 5) is 24.1. The highest BCUT2D eigenvalue weighted by atomic mass is 16.7. The number of rotatable bonds is 12. The summed E-state index contributed by atoms with van der Waals surface area (Å²) in [6, 6.07) is 0. The number of aliphatic hydroxyl groups is 7. The summed E-state index contributed by atoms with van der Waals surface area (Å²) < 4.78 is 25.9. The van der Waals surface area contributed by atoms with E-state index in [0.717, 1.165) is 0 Å². The van der Waals surface area contributed by atoms with E-state index in [2.05, 4.69) is 13.2 Å². The van der Waals surface area contributed by atoms with E-state index in [1.807, 2.05) is 0 Å². The first-order valence-electron chi connectivity index (χ1n) is 11.3. The Balaban J connectivity index is 1.76. The molecule has 36 heavy (non-hydrogen) atoms. The maximum absolute atomic E-state index is 12.3. The molecule has 0 saturated carbocycles. The van der Waals surface area contributed by atoms with Gasteiger partial charge in [0.25, 0.3) is 0 Å². The maximum atomic E-state index is 12.3. The fourth-order valence-electron chi connectivity index (χ4n) is 3.43. The van der Waals surface area contributed by atoms with Gasteiger partial charge in [0.1, 0.15) is 49.3 Å². The smallest absolute Gasteiger partial charge is 0.333 e. The Morgan fingerprint density at radius 3 is 2.11 bits per heavy atom. The van der Waals surface area contributed by atoms with E-state index >= 15 is 0 Å². The van der Waals surface area contributed by atoms with Crippen LogP contribution in [0.15, 0.2) is 24.3 Å². The molecule has 0 aromatic rings. The van der Waals surface area contributed by atoms with E-state index in [1.165, 1.54) is 0 Å². The average Bonchev–Trinajstić information content (AvgIpc) is 2.86. The minimum Gasteiger partial charge on any atom is -0.459 e. The highest BCUT2D eigenvalue weighted by Gasteiger charge is 2.44. The first-order valence-corrected chi connectivity index (χ1v) is 11.3. The lowest BCUT2D eigenvalue weighted by Gasteiger charge is -2.39. The lowest BCUT2D eigenvalue weighted by Crippen LogP contribution is -2.59. The van der Waals surface area contributed by atoms with E-state index in [0.29, 0.717) is 0 Å². The van der Waals surface area contributed by atoms with Gasteiger partial charge in [-0.05, 0) is 0 Å². The Hall–Kier alpha value is -1.98. The fourth-order valence-corrected chi connectivity index (χ4v) is 3.43. The van der Waals surface area contributed by atoms with Crippen LogP contribution in [0.25, 0.3) is 0 Å². The van der Waals surface area contributed by atoms with Crippen molar-refractivity contribution in [2.45, 2.75) is 68.0 Å². The Labute approximate surface area is 206 Å². The lowest BCUT2D eigenvalue weighted by atomic mass is 9.99. The van der Waals surface area contributed by atoms with Gasteiger partial charge in [-0.2, -0.15) is 0 Å². The summed E-state index contributed by atoms with van der Waals surface area (Å²) in [5.41, 5.74) is -0.0519. The van der Waals surface area contributed by atoms with E-state index in [4.69, 9.17) is 28.8 Å². The Kier molecular flexibility index (Phi) is 11.8. The van der Waals surface area contributed by atoms with E-state index in [-0.39, 0.29) is 43.8 Å². The number of hydrogen-bond acceptors (Lipinski definition) is 14. The second kappa shape index (κ2) is 14.1. The molecule has 0 radical (unpaired) electrons. The van der Waals surface area contributed by atoms with Crippen molar-refractivity contribution in [3.8, 4) is 0 Å². The molecule has 0 aromatic heterocycles. The summed E-state index contributed by atoms with van der Waals surface area (Å²) >= 11 is 0. The minimum atomic E-state index is -1.61. The highest BCUT2D eigenvalue weighted by molar-refractivity contribution is 5.88. The third kappa shape index (κ3) is 7.76. The number of carbonyl (C=O) groups excluding carboxylic acids is 2. The molecular formula is C22H34O14. The molecule has 206 valence electrons. The number of aliphatic hydroxyl groups excluding tert-OH is 7. The van der Waals surface area contributed by atoms with Gasteiger partial charge in [-0.1, -0.05) is 13.2 Å². The molecule has 2 aliphatic heterocycles. The van der Waals surface area contributed by atoms with Crippen molar-refractivity contribution in [2.24, 2.45) is 0 Å². The van der Waals surface area contributed by atoms with Crippen molar-refractivity contribution in [1.29, 1.82) is 0 Å². The molecule has 2 aliphatic rings. The van der Waals surface area contributed by atoms with Gasteiger partial charge in [0, 0.05) is 30.6 Å². The van der Waals surface area contributed by atoms with Crippen molar-refractivity contribution in [2.75, 3.05) is 33.0 Å². The van der Waals surface area contributed by atoms with Crippen molar-refractivity contribution in [3.63, 3.8) is 0 Å². The van der Waals surface area contributed by atoms with E-state index in [9.17, 15) is 40.2 Å².